The van der Waals surface area contributed by atoms with E-state index >= 15 is 0 Å². The Balaban J connectivity index is 0.00000217. The summed E-state index contributed by atoms with van der Waals surface area (Å²) in [5.41, 5.74) is 7.65. The molecule has 498 valence electrons. The van der Waals surface area contributed by atoms with Gasteiger partial charge in [0.2, 0.25) is 5.69 Å². The Morgan fingerprint density at radius 2 is 1.35 bits per heavy atom. The van der Waals surface area contributed by atoms with Gasteiger partial charge in [0, 0.05) is 79.0 Å². The molecule has 2 atom stereocenters. The number of hydrogen-bond donors (Lipinski definition) is 6. The fourth-order valence-corrected chi connectivity index (χ4v) is 11.6. The molecule has 0 aromatic heterocycles. The standard InChI is InChI=1S/C58H72N4O15S2.CO2.CH4.2O3S/c1-57(2)45-17-5-7-19-48(45)61(33-9-11-35-78(71,72)73)50(57)30-24-40-15-13-16-41(25-31-51-58(3,4)46-18-6-8-20-49(46)62(51)34-10-12-36-79(74,75)76)53(40)77-44-27-22-39(23-28-44)37-42(54(66)67)38-43(63)26-29-47(55(68)69)60-56(70)59-32-14-21-52(64)65;2-1-3;;2*1-4(2)3/h5-8,17-20,22-25,27-28,30-31,42,47H,9-16,21,26,29,32-38H2,1-4H3,(H6-,59,60,64,65,66,67,68,69,70,71,72,73,74,75,76);;1H4;;/t42-,47+;;;;/m1..../s1. The number of benzene rings is 3. The predicted octanol–water partition coefficient (Wildman–Crippen LogP) is 6.38. The second-order valence-electron chi connectivity index (χ2n) is 21.8. The van der Waals surface area contributed by atoms with Crippen LogP contribution in [-0.2, 0) is 87.5 Å². The van der Waals surface area contributed by atoms with Crippen molar-refractivity contribution in [1.29, 1.82) is 0 Å². The number of carbonyl (C=O) groups excluding carboxylic acids is 4. The number of anilines is 1. The molecule has 31 heteroatoms. The summed E-state index contributed by atoms with van der Waals surface area (Å²) in [6, 6.07) is 20.7. The van der Waals surface area contributed by atoms with Crippen molar-refractivity contribution in [3.05, 3.63) is 136 Å². The van der Waals surface area contributed by atoms with Crippen LogP contribution in [0.3, 0.4) is 0 Å². The molecule has 0 radical (unpaired) electrons. The number of urea groups is 1. The molecule has 0 saturated heterocycles. The van der Waals surface area contributed by atoms with Gasteiger partial charge in [0.25, 0.3) is 10.1 Å². The van der Waals surface area contributed by atoms with Crippen molar-refractivity contribution in [2.45, 2.75) is 135 Å². The average molecular weight is 1350 g/mol. The number of ether oxygens (including phenoxy) is 1. The van der Waals surface area contributed by atoms with Crippen molar-refractivity contribution in [2.75, 3.05) is 36.0 Å². The summed E-state index contributed by atoms with van der Waals surface area (Å²) in [5, 5.41) is 33.3. The van der Waals surface area contributed by atoms with Gasteiger partial charge in [-0.2, -0.15) is 22.6 Å². The zero-order chi connectivity index (χ0) is 67.6. The van der Waals surface area contributed by atoms with Gasteiger partial charge in [-0.15, -0.1) is 25.3 Å². The number of amides is 2. The first-order valence-electron chi connectivity index (χ1n) is 28.0. The van der Waals surface area contributed by atoms with E-state index in [9.17, 15) is 60.1 Å². The fourth-order valence-electron chi connectivity index (χ4n) is 10.5. The van der Waals surface area contributed by atoms with E-state index < -0.39 is 106 Å². The molecule has 3 aliphatic rings. The highest BCUT2D eigenvalue weighted by Gasteiger charge is 2.44. The van der Waals surface area contributed by atoms with E-state index in [0.29, 0.717) is 55.8 Å². The van der Waals surface area contributed by atoms with Crippen LogP contribution in [0.5, 0.6) is 5.75 Å². The number of aliphatic carboxylic acids is 3. The molecule has 0 bridgehead atoms. The molecule has 0 saturated carbocycles. The molecule has 3 aromatic carbocycles. The average Bonchev–Trinajstić information content (AvgIpc) is 1.63. The maximum absolute atomic E-state index is 13.1. The number of carboxylic acids is 3. The Bertz CT molecular complexity index is 3720. The minimum Gasteiger partial charge on any atom is -0.748 e. The third-order valence-electron chi connectivity index (χ3n) is 14.6. The fraction of sp³-hybridized carbons (Fsp3) is 0.450. The highest BCUT2D eigenvalue weighted by Crippen LogP contribution is 2.48. The summed E-state index contributed by atoms with van der Waals surface area (Å²) in [6.45, 7) is 9.52. The van der Waals surface area contributed by atoms with E-state index in [2.05, 4.69) is 84.2 Å². The molecular formula is C60H76N4O23S4. The van der Waals surface area contributed by atoms with Gasteiger partial charge in [-0.05, 0) is 124 Å². The molecule has 1 aliphatic carbocycles. The number of allylic oxidation sites excluding steroid dienone is 7. The van der Waals surface area contributed by atoms with Gasteiger partial charge in [0.05, 0.1) is 27.2 Å². The van der Waals surface area contributed by atoms with Crippen molar-refractivity contribution >= 4 is 94.4 Å². The lowest BCUT2D eigenvalue weighted by Gasteiger charge is -2.28. The SMILES string of the molecule is C.CC1(C)C(=CC=C2CCCC(C=CC3=[N+](CCCCS(=O)(=O)O)c4ccccc4C3(C)C)=C2Oc2ccc(C[C@H](CC(=O)CC[C@H](NC(=O)NCCCC(=O)O)C(=O)O)C(=O)O)cc2)N(CCCCS(=O)(=O)[O-])c2ccccc21.O=C=O.O=S(=O)=O.O=S(=O)=O. The number of rotatable bonds is 29. The highest BCUT2D eigenvalue weighted by atomic mass is 32.2. The van der Waals surface area contributed by atoms with Gasteiger partial charge in [-0.3, -0.25) is 18.9 Å². The monoisotopic (exact) mass is 1350 g/mol. The zero-order valence-corrected chi connectivity index (χ0v) is 53.0. The third kappa shape index (κ3) is 26.6. The van der Waals surface area contributed by atoms with E-state index in [1.807, 2.05) is 36.4 Å². The molecule has 0 unspecified atom stereocenters. The molecule has 0 spiro atoms. The van der Waals surface area contributed by atoms with Crippen molar-refractivity contribution in [3.63, 3.8) is 0 Å². The number of para-hydroxylation sites is 2. The number of hydrogen-bond acceptors (Lipinski definition) is 20. The second-order valence-corrected chi connectivity index (χ2v) is 25.7. The molecule has 2 heterocycles. The molecular weight excluding hydrogens is 1270 g/mol. The maximum atomic E-state index is 13.1. The van der Waals surface area contributed by atoms with Gasteiger partial charge in [0.1, 0.15) is 29.9 Å². The Hall–Kier alpha value is -8.32. The van der Waals surface area contributed by atoms with E-state index in [4.69, 9.17) is 44.7 Å². The van der Waals surface area contributed by atoms with Crippen LogP contribution < -0.4 is 20.3 Å². The lowest BCUT2D eigenvalue weighted by Crippen LogP contribution is -2.46. The highest BCUT2D eigenvalue weighted by molar-refractivity contribution is 7.85. The van der Waals surface area contributed by atoms with Crippen molar-refractivity contribution in [1.82, 2.24) is 10.6 Å². The number of fused-ring (bicyclic) bond motifs is 2. The molecule has 91 heavy (non-hydrogen) atoms. The van der Waals surface area contributed by atoms with Gasteiger partial charge in [0.15, 0.2) is 5.71 Å². The topological polar surface area (TPSA) is 434 Å². The van der Waals surface area contributed by atoms with Crippen molar-refractivity contribution < 1.29 is 109 Å². The summed E-state index contributed by atoms with van der Waals surface area (Å²) in [6.07, 6.45) is 11.0. The number of nitrogens with zero attached hydrogens (tertiary/aromatic N) is 2. The Labute approximate surface area is 531 Å². The first-order chi connectivity index (χ1) is 42.1. The van der Waals surface area contributed by atoms with E-state index in [1.54, 1.807) is 24.3 Å². The normalized spacial score (nSPS) is 16.0. The first kappa shape index (κ1) is 78.8. The van der Waals surface area contributed by atoms with Gasteiger partial charge < -0.3 is 40.1 Å². The molecule has 27 nitrogen and oxygen atoms in total. The summed E-state index contributed by atoms with van der Waals surface area (Å²) in [7, 11) is -14.7. The molecule has 2 amide bonds. The summed E-state index contributed by atoms with van der Waals surface area (Å²) in [4.78, 5) is 78.9. The number of carbonyl (C=O) groups is 5. The number of Topliss-reactive ketones (excluding diaryl/α,β-unsaturated/α-hetero) is 1. The summed E-state index contributed by atoms with van der Waals surface area (Å²) < 4.78 is 127. The Kier molecular flexibility index (Phi) is 32.1. The lowest BCUT2D eigenvalue weighted by atomic mass is 9.81. The third-order valence-corrected chi connectivity index (χ3v) is 16.2. The molecule has 3 aromatic rings. The smallest absolute Gasteiger partial charge is 0.425 e. The number of carboxylic acid groups (broad SMARTS) is 3. The van der Waals surface area contributed by atoms with Crippen LogP contribution in [0.25, 0.3) is 0 Å². The minimum atomic E-state index is -4.37. The Morgan fingerprint density at radius 3 is 1.93 bits per heavy atom. The van der Waals surface area contributed by atoms with E-state index in [-0.39, 0.29) is 70.8 Å². The molecule has 6 N–H and O–H groups in total. The van der Waals surface area contributed by atoms with Crippen LogP contribution in [0.2, 0.25) is 0 Å². The molecule has 2 aliphatic heterocycles. The molecule has 6 rings (SSSR count). The van der Waals surface area contributed by atoms with Crippen LogP contribution in [0.1, 0.15) is 129 Å². The molecule has 0 fully saturated rings. The van der Waals surface area contributed by atoms with E-state index in [1.165, 1.54) is 0 Å². The van der Waals surface area contributed by atoms with Crippen LogP contribution in [0.15, 0.2) is 120 Å². The predicted molar refractivity (Wildman–Crippen MR) is 328 cm³/mol. The van der Waals surface area contributed by atoms with Crippen LogP contribution in [0.4, 0.5) is 16.2 Å². The van der Waals surface area contributed by atoms with Crippen molar-refractivity contribution in [2.24, 2.45) is 5.92 Å². The number of nitrogens with one attached hydrogen (secondary N) is 2. The van der Waals surface area contributed by atoms with Crippen LogP contribution in [0, 0.1) is 5.92 Å². The largest absolute Gasteiger partial charge is 0.748 e. The minimum absolute atomic E-state index is 0. The number of unbranched alkanes of at least 4 members (excludes halogenated alkanes) is 2. The Morgan fingerprint density at radius 1 is 0.758 bits per heavy atom. The first-order valence-corrected chi connectivity index (χ1v) is 33.2. The van der Waals surface area contributed by atoms with Gasteiger partial charge in [-0.1, -0.05) is 75.9 Å². The van der Waals surface area contributed by atoms with Crippen LogP contribution >= 0.6 is 0 Å². The second kappa shape index (κ2) is 37.1. The summed E-state index contributed by atoms with van der Waals surface area (Å²) in [5.74, 6) is -5.05. The zero-order valence-electron chi connectivity index (χ0n) is 49.7. The quantitative estimate of drug-likeness (QED) is 0.0249. The van der Waals surface area contributed by atoms with Crippen LogP contribution in [-0.4, -0.2) is 150 Å². The maximum Gasteiger partial charge on any atom is 0.425 e. The summed E-state index contributed by atoms with van der Waals surface area (Å²) >= 11 is 0. The lowest BCUT2D eigenvalue weighted by molar-refractivity contribution is -0.438. The van der Waals surface area contributed by atoms with Gasteiger partial charge in [-0.25, -0.2) is 18.0 Å². The van der Waals surface area contributed by atoms with E-state index in [0.717, 1.165) is 51.5 Å². The van der Waals surface area contributed by atoms with Crippen molar-refractivity contribution in [3.8, 4) is 5.75 Å². The number of ketones is 1. The van der Waals surface area contributed by atoms with Gasteiger partial charge >= 0.3 is 51.3 Å².